The fraction of sp³-hybridized carbons (Fsp3) is 0.480. The predicted octanol–water partition coefficient (Wildman–Crippen LogP) is 4.82. The second kappa shape index (κ2) is 11.6. The van der Waals surface area contributed by atoms with Crippen LogP contribution in [-0.4, -0.2) is 37.0 Å². The van der Waals surface area contributed by atoms with Crippen molar-refractivity contribution < 1.29 is 9.53 Å². The van der Waals surface area contributed by atoms with Gasteiger partial charge in [0.2, 0.25) is 0 Å². The average molecular weight is 395 g/mol. The van der Waals surface area contributed by atoms with Gasteiger partial charge in [0, 0.05) is 18.7 Å². The number of nitrogens with one attached hydrogen (secondary N) is 1. The zero-order valence-corrected chi connectivity index (χ0v) is 17.7. The smallest absolute Gasteiger partial charge is 0.251 e. The average Bonchev–Trinajstić information content (AvgIpc) is 3.02. The SMILES string of the molecule is CCOc1ccc(CCCNC(=O)c2ccc(CN3CCCCCC3)cc2)cc1. The summed E-state index contributed by atoms with van der Waals surface area (Å²) in [6.07, 6.45) is 7.19. The number of likely N-dealkylation sites (tertiary alicyclic amines) is 1. The van der Waals surface area contributed by atoms with Crippen molar-refractivity contribution in [1.29, 1.82) is 0 Å². The van der Waals surface area contributed by atoms with E-state index < -0.39 is 0 Å². The van der Waals surface area contributed by atoms with E-state index in [4.69, 9.17) is 4.74 Å². The second-order valence-electron chi connectivity index (χ2n) is 7.82. The van der Waals surface area contributed by atoms with Gasteiger partial charge in [-0.25, -0.2) is 0 Å². The van der Waals surface area contributed by atoms with E-state index >= 15 is 0 Å². The molecule has 4 heteroatoms. The zero-order valence-electron chi connectivity index (χ0n) is 17.7. The summed E-state index contributed by atoms with van der Waals surface area (Å²) in [4.78, 5) is 14.9. The van der Waals surface area contributed by atoms with E-state index in [2.05, 4.69) is 34.5 Å². The fourth-order valence-electron chi connectivity index (χ4n) is 3.83. The topological polar surface area (TPSA) is 41.6 Å². The highest BCUT2D eigenvalue weighted by molar-refractivity contribution is 5.94. The molecule has 1 aliphatic heterocycles. The third kappa shape index (κ3) is 7.21. The van der Waals surface area contributed by atoms with E-state index in [1.54, 1.807) is 0 Å². The Hall–Kier alpha value is -2.33. The van der Waals surface area contributed by atoms with Gasteiger partial charge in [-0.2, -0.15) is 0 Å². The Kier molecular flexibility index (Phi) is 8.57. The highest BCUT2D eigenvalue weighted by atomic mass is 16.5. The van der Waals surface area contributed by atoms with Gasteiger partial charge < -0.3 is 10.1 Å². The molecular weight excluding hydrogens is 360 g/mol. The third-order valence-corrected chi connectivity index (χ3v) is 5.48. The summed E-state index contributed by atoms with van der Waals surface area (Å²) in [7, 11) is 0. The minimum Gasteiger partial charge on any atom is -0.494 e. The van der Waals surface area contributed by atoms with E-state index in [1.165, 1.54) is 49.9 Å². The van der Waals surface area contributed by atoms with Crippen LogP contribution in [0.15, 0.2) is 48.5 Å². The number of aryl methyl sites for hydroxylation is 1. The van der Waals surface area contributed by atoms with Crippen LogP contribution in [0.4, 0.5) is 0 Å². The van der Waals surface area contributed by atoms with Gasteiger partial charge >= 0.3 is 0 Å². The maximum absolute atomic E-state index is 12.4. The van der Waals surface area contributed by atoms with E-state index in [9.17, 15) is 4.79 Å². The van der Waals surface area contributed by atoms with Crippen molar-refractivity contribution in [3.05, 3.63) is 65.2 Å². The van der Waals surface area contributed by atoms with Crippen LogP contribution in [0.3, 0.4) is 0 Å². The van der Waals surface area contributed by atoms with Crippen molar-refractivity contribution in [2.24, 2.45) is 0 Å². The fourth-order valence-corrected chi connectivity index (χ4v) is 3.83. The summed E-state index contributed by atoms with van der Waals surface area (Å²) < 4.78 is 5.46. The van der Waals surface area contributed by atoms with Gasteiger partial charge in [0.25, 0.3) is 5.91 Å². The van der Waals surface area contributed by atoms with Gasteiger partial charge in [-0.05, 0) is 81.1 Å². The van der Waals surface area contributed by atoms with Crippen molar-refractivity contribution in [2.75, 3.05) is 26.2 Å². The van der Waals surface area contributed by atoms with Crippen LogP contribution in [0.1, 0.15) is 60.5 Å². The first-order valence-electron chi connectivity index (χ1n) is 11.1. The zero-order chi connectivity index (χ0) is 20.3. The lowest BCUT2D eigenvalue weighted by Crippen LogP contribution is -2.25. The van der Waals surface area contributed by atoms with Crippen LogP contribution in [-0.2, 0) is 13.0 Å². The first kappa shape index (κ1) is 21.4. The lowest BCUT2D eigenvalue weighted by atomic mass is 10.1. The van der Waals surface area contributed by atoms with E-state index in [0.29, 0.717) is 13.2 Å². The Morgan fingerprint density at radius 2 is 1.59 bits per heavy atom. The molecule has 1 heterocycles. The third-order valence-electron chi connectivity index (χ3n) is 5.48. The van der Waals surface area contributed by atoms with Crippen molar-refractivity contribution >= 4 is 5.91 Å². The van der Waals surface area contributed by atoms with Gasteiger partial charge in [-0.1, -0.05) is 37.1 Å². The first-order chi connectivity index (χ1) is 14.2. The molecule has 1 aliphatic rings. The molecule has 2 aromatic rings. The van der Waals surface area contributed by atoms with Gasteiger partial charge in [-0.3, -0.25) is 9.69 Å². The standard InChI is InChI=1S/C25H34N2O2/c1-2-29-24-15-11-21(12-16-24)8-7-17-26-25(28)23-13-9-22(10-14-23)20-27-18-5-3-4-6-19-27/h9-16H,2-8,17-20H2,1H3,(H,26,28). The summed E-state index contributed by atoms with van der Waals surface area (Å²) in [5.74, 6) is 0.918. The molecule has 1 N–H and O–H groups in total. The molecule has 1 saturated heterocycles. The predicted molar refractivity (Wildman–Crippen MR) is 118 cm³/mol. The van der Waals surface area contributed by atoms with Crippen molar-refractivity contribution in [1.82, 2.24) is 10.2 Å². The van der Waals surface area contributed by atoms with Gasteiger partial charge in [-0.15, -0.1) is 0 Å². The van der Waals surface area contributed by atoms with Crippen molar-refractivity contribution in [3.63, 3.8) is 0 Å². The minimum absolute atomic E-state index is 0.0121. The number of hydrogen-bond donors (Lipinski definition) is 1. The monoisotopic (exact) mass is 394 g/mol. The molecule has 2 aromatic carbocycles. The summed E-state index contributed by atoms with van der Waals surface area (Å²) in [6.45, 7) is 6.73. The number of amides is 1. The number of benzene rings is 2. The quantitative estimate of drug-likeness (QED) is 0.620. The molecule has 4 nitrogen and oxygen atoms in total. The molecular formula is C25H34N2O2. The van der Waals surface area contributed by atoms with E-state index in [-0.39, 0.29) is 5.91 Å². The number of ether oxygens (including phenoxy) is 1. The molecule has 1 fully saturated rings. The molecule has 0 atom stereocenters. The highest BCUT2D eigenvalue weighted by Crippen LogP contribution is 2.15. The molecule has 0 radical (unpaired) electrons. The summed E-state index contributed by atoms with van der Waals surface area (Å²) in [5, 5.41) is 3.04. The van der Waals surface area contributed by atoms with Crippen molar-refractivity contribution in [3.8, 4) is 5.75 Å². The molecule has 0 spiro atoms. The molecule has 0 saturated carbocycles. The summed E-state index contributed by atoms with van der Waals surface area (Å²) in [6, 6.07) is 16.3. The number of carbonyl (C=O) groups is 1. The normalized spacial score (nSPS) is 14.9. The summed E-state index contributed by atoms with van der Waals surface area (Å²) >= 11 is 0. The van der Waals surface area contributed by atoms with Crippen LogP contribution >= 0.6 is 0 Å². The number of rotatable bonds is 9. The van der Waals surface area contributed by atoms with Gasteiger partial charge in [0.05, 0.1) is 6.61 Å². The van der Waals surface area contributed by atoms with Crippen LogP contribution in [0.2, 0.25) is 0 Å². The molecule has 29 heavy (non-hydrogen) atoms. The molecule has 0 aromatic heterocycles. The molecule has 3 rings (SSSR count). The Labute approximate surface area is 175 Å². The van der Waals surface area contributed by atoms with Gasteiger partial charge in [0.1, 0.15) is 5.75 Å². The molecule has 0 bridgehead atoms. The molecule has 0 aliphatic carbocycles. The molecule has 156 valence electrons. The van der Waals surface area contributed by atoms with Gasteiger partial charge in [0.15, 0.2) is 0 Å². The van der Waals surface area contributed by atoms with E-state index in [0.717, 1.165) is 30.7 Å². The maximum atomic E-state index is 12.4. The Bertz CT molecular complexity index is 732. The molecule has 0 unspecified atom stereocenters. The number of hydrogen-bond acceptors (Lipinski definition) is 3. The van der Waals surface area contributed by atoms with Crippen LogP contribution in [0.25, 0.3) is 0 Å². The second-order valence-corrected chi connectivity index (χ2v) is 7.82. The van der Waals surface area contributed by atoms with Crippen LogP contribution in [0, 0.1) is 0 Å². The van der Waals surface area contributed by atoms with Crippen molar-refractivity contribution in [2.45, 2.75) is 52.0 Å². The summed E-state index contributed by atoms with van der Waals surface area (Å²) in [5.41, 5.74) is 3.30. The Morgan fingerprint density at radius 3 is 2.24 bits per heavy atom. The minimum atomic E-state index is 0.0121. The highest BCUT2D eigenvalue weighted by Gasteiger charge is 2.10. The van der Waals surface area contributed by atoms with E-state index in [1.807, 2.05) is 31.2 Å². The lowest BCUT2D eigenvalue weighted by molar-refractivity contribution is 0.0953. The first-order valence-corrected chi connectivity index (χ1v) is 11.1. The maximum Gasteiger partial charge on any atom is 0.251 e. The number of nitrogens with zero attached hydrogens (tertiary/aromatic N) is 1. The van der Waals surface area contributed by atoms with Crippen LogP contribution < -0.4 is 10.1 Å². The lowest BCUT2D eigenvalue weighted by Gasteiger charge is -2.19. The Morgan fingerprint density at radius 1 is 0.931 bits per heavy atom. The Balaban J connectivity index is 1.38. The molecule has 1 amide bonds. The van der Waals surface area contributed by atoms with Crippen LogP contribution in [0.5, 0.6) is 5.75 Å². The largest absolute Gasteiger partial charge is 0.494 e. The number of carbonyl (C=O) groups excluding carboxylic acids is 1.